The van der Waals surface area contributed by atoms with E-state index < -0.39 is 0 Å². The zero-order valence-electron chi connectivity index (χ0n) is 11.3. The molecular formula is C15H22O3. The molecule has 1 aromatic rings. The Morgan fingerprint density at radius 1 is 1.50 bits per heavy atom. The van der Waals surface area contributed by atoms with Crippen molar-refractivity contribution >= 4 is 5.97 Å². The predicted molar refractivity (Wildman–Crippen MR) is 69.4 cm³/mol. The van der Waals surface area contributed by atoms with Gasteiger partial charge in [0, 0.05) is 12.3 Å². The number of carbonyl (C=O) groups is 1. The van der Waals surface area contributed by atoms with Crippen LogP contribution < -0.4 is 0 Å². The van der Waals surface area contributed by atoms with E-state index in [4.69, 9.17) is 9.15 Å². The Labute approximate surface area is 109 Å². The standard InChI is InChI=1S/C15H22O3/c1-3-4-9-17-15(16)8-6-12-5-7-14(18-12)13-10-11(13)2/h5,7,11,13H,3-4,6,8-10H2,1-2H3. The molecule has 0 saturated heterocycles. The third kappa shape index (κ3) is 3.62. The lowest BCUT2D eigenvalue weighted by atomic mass is 10.2. The number of aryl methyl sites for hydroxylation is 1. The average molecular weight is 250 g/mol. The van der Waals surface area contributed by atoms with Crippen LogP contribution in [0.3, 0.4) is 0 Å². The third-order valence-electron chi connectivity index (χ3n) is 3.49. The first-order valence-corrected chi connectivity index (χ1v) is 6.95. The van der Waals surface area contributed by atoms with E-state index in [1.807, 2.05) is 12.1 Å². The molecule has 0 aromatic carbocycles. The lowest BCUT2D eigenvalue weighted by molar-refractivity contribution is -0.143. The molecule has 18 heavy (non-hydrogen) atoms. The summed E-state index contributed by atoms with van der Waals surface area (Å²) in [5.41, 5.74) is 0. The lowest BCUT2D eigenvalue weighted by Gasteiger charge is -2.02. The van der Waals surface area contributed by atoms with Crippen molar-refractivity contribution in [1.29, 1.82) is 0 Å². The van der Waals surface area contributed by atoms with E-state index in [1.54, 1.807) is 0 Å². The summed E-state index contributed by atoms with van der Waals surface area (Å²) in [5, 5.41) is 0. The van der Waals surface area contributed by atoms with Crippen molar-refractivity contribution in [1.82, 2.24) is 0 Å². The second kappa shape index (κ2) is 6.07. The van der Waals surface area contributed by atoms with Crippen LogP contribution in [0, 0.1) is 5.92 Å². The van der Waals surface area contributed by atoms with Crippen LogP contribution in [0.15, 0.2) is 16.5 Å². The monoisotopic (exact) mass is 250 g/mol. The fourth-order valence-electron chi connectivity index (χ4n) is 2.07. The smallest absolute Gasteiger partial charge is 0.306 e. The Bertz CT molecular complexity index is 394. The Balaban J connectivity index is 1.69. The highest BCUT2D eigenvalue weighted by atomic mass is 16.5. The molecule has 2 rings (SSSR count). The van der Waals surface area contributed by atoms with Gasteiger partial charge in [-0.2, -0.15) is 0 Å². The first-order valence-electron chi connectivity index (χ1n) is 6.95. The number of unbranched alkanes of at least 4 members (excludes halogenated alkanes) is 1. The molecule has 0 amide bonds. The van der Waals surface area contributed by atoms with Gasteiger partial charge in [0.05, 0.1) is 13.0 Å². The van der Waals surface area contributed by atoms with E-state index in [-0.39, 0.29) is 5.97 Å². The molecule has 1 heterocycles. The molecule has 0 N–H and O–H groups in total. The molecule has 1 saturated carbocycles. The average Bonchev–Trinajstić information content (AvgIpc) is 2.91. The van der Waals surface area contributed by atoms with Crippen LogP contribution >= 0.6 is 0 Å². The summed E-state index contributed by atoms with van der Waals surface area (Å²) in [6.45, 7) is 4.85. The largest absolute Gasteiger partial charge is 0.466 e. The van der Waals surface area contributed by atoms with Crippen molar-refractivity contribution in [3.05, 3.63) is 23.7 Å². The topological polar surface area (TPSA) is 39.4 Å². The van der Waals surface area contributed by atoms with E-state index >= 15 is 0 Å². The maximum atomic E-state index is 11.4. The molecule has 2 unspecified atom stereocenters. The molecule has 3 nitrogen and oxygen atoms in total. The third-order valence-corrected chi connectivity index (χ3v) is 3.49. The van der Waals surface area contributed by atoms with Crippen LogP contribution in [0.25, 0.3) is 0 Å². The van der Waals surface area contributed by atoms with Crippen molar-refractivity contribution in [2.75, 3.05) is 6.61 Å². The van der Waals surface area contributed by atoms with Gasteiger partial charge >= 0.3 is 5.97 Å². The van der Waals surface area contributed by atoms with Gasteiger partial charge in [-0.3, -0.25) is 4.79 Å². The number of hydrogen-bond donors (Lipinski definition) is 0. The van der Waals surface area contributed by atoms with Gasteiger partial charge in [0.2, 0.25) is 0 Å². The number of esters is 1. The second-order valence-corrected chi connectivity index (χ2v) is 5.20. The van der Waals surface area contributed by atoms with Gasteiger partial charge in [0.15, 0.2) is 0 Å². The highest BCUT2D eigenvalue weighted by molar-refractivity contribution is 5.69. The Morgan fingerprint density at radius 3 is 2.94 bits per heavy atom. The molecule has 1 fully saturated rings. The second-order valence-electron chi connectivity index (χ2n) is 5.20. The van der Waals surface area contributed by atoms with E-state index in [0.717, 1.165) is 30.3 Å². The molecule has 1 aliphatic rings. The van der Waals surface area contributed by atoms with E-state index in [2.05, 4.69) is 13.8 Å². The molecule has 2 atom stereocenters. The summed E-state index contributed by atoms with van der Waals surface area (Å²) >= 11 is 0. The van der Waals surface area contributed by atoms with E-state index in [0.29, 0.717) is 25.4 Å². The van der Waals surface area contributed by atoms with E-state index in [1.165, 1.54) is 6.42 Å². The highest BCUT2D eigenvalue weighted by Crippen LogP contribution is 2.47. The molecule has 0 radical (unpaired) electrons. The maximum Gasteiger partial charge on any atom is 0.306 e. The van der Waals surface area contributed by atoms with Crippen molar-refractivity contribution in [3.63, 3.8) is 0 Å². The fourth-order valence-corrected chi connectivity index (χ4v) is 2.07. The van der Waals surface area contributed by atoms with Gasteiger partial charge in [0.1, 0.15) is 11.5 Å². The number of hydrogen-bond acceptors (Lipinski definition) is 3. The van der Waals surface area contributed by atoms with Gasteiger partial charge in [-0.05, 0) is 30.9 Å². The normalized spacial score (nSPS) is 21.9. The zero-order valence-corrected chi connectivity index (χ0v) is 11.3. The van der Waals surface area contributed by atoms with Crippen molar-refractivity contribution < 1.29 is 13.9 Å². The molecule has 100 valence electrons. The van der Waals surface area contributed by atoms with Gasteiger partial charge in [-0.1, -0.05) is 20.3 Å². The molecular weight excluding hydrogens is 228 g/mol. The molecule has 3 heteroatoms. The Morgan fingerprint density at radius 2 is 2.28 bits per heavy atom. The summed E-state index contributed by atoms with van der Waals surface area (Å²) in [7, 11) is 0. The summed E-state index contributed by atoms with van der Waals surface area (Å²) in [5.74, 6) is 3.22. The Kier molecular flexibility index (Phi) is 4.45. The fraction of sp³-hybridized carbons (Fsp3) is 0.667. The van der Waals surface area contributed by atoms with Gasteiger partial charge in [-0.25, -0.2) is 0 Å². The summed E-state index contributed by atoms with van der Waals surface area (Å²) in [4.78, 5) is 11.4. The summed E-state index contributed by atoms with van der Waals surface area (Å²) < 4.78 is 10.9. The molecule has 1 aliphatic carbocycles. The quantitative estimate of drug-likeness (QED) is 0.547. The Hall–Kier alpha value is -1.25. The van der Waals surface area contributed by atoms with Crippen LogP contribution in [0.4, 0.5) is 0 Å². The SMILES string of the molecule is CCCCOC(=O)CCc1ccc(C2CC2C)o1. The maximum absolute atomic E-state index is 11.4. The molecule has 0 bridgehead atoms. The predicted octanol–water partition coefficient (Wildman–Crippen LogP) is 3.68. The number of ether oxygens (including phenoxy) is 1. The van der Waals surface area contributed by atoms with Crippen LogP contribution in [-0.4, -0.2) is 12.6 Å². The van der Waals surface area contributed by atoms with Crippen molar-refractivity contribution in [2.45, 2.75) is 51.9 Å². The van der Waals surface area contributed by atoms with Gasteiger partial charge in [0.25, 0.3) is 0 Å². The summed E-state index contributed by atoms with van der Waals surface area (Å²) in [6, 6.07) is 4.03. The van der Waals surface area contributed by atoms with Crippen molar-refractivity contribution in [3.8, 4) is 0 Å². The van der Waals surface area contributed by atoms with Gasteiger partial charge < -0.3 is 9.15 Å². The first-order chi connectivity index (χ1) is 8.70. The van der Waals surface area contributed by atoms with Crippen LogP contribution in [-0.2, 0) is 16.0 Å². The minimum atomic E-state index is -0.124. The molecule has 0 spiro atoms. The minimum Gasteiger partial charge on any atom is -0.466 e. The number of rotatable bonds is 7. The van der Waals surface area contributed by atoms with Gasteiger partial charge in [-0.15, -0.1) is 0 Å². The van der Waals surface area contributed by atoms with Crippen molar-refractivity contribution in [2.24, 2.45) is 5.92 Å². The zero-order chi connectivity index (χ0) is 13.0. The highest BCUT2D eigenvalue weighted by Gasteiger charge is 2.36. The number of carbonyl (C=O) groups excluding carboxylic acids is 1. The molecule has 0 aliphatic heterocycles. The summed E-state index contributed by atoms with van der Waals surface area (Å²) in [6.07, 6.45) is 4.28. The lowest BCUT2D eigenvalue weighted by Crippen LogP contribution is -2.06. The van der Waals surface area contributed by atoms with Crippen LogP contribution in [0.2, 0.25) is 0 Å². The number of furan rings is 1. The first kappa shape index (κ1) is 13.2. The van der Waals surface area contributed by atoms with Crippen LogP contribution in [0.1, 0.15) is 57.0 Å². The van der Waals surface area contributed by atoms with E-state index in [9.17, 15) is 4.79 Å². The van der Waals surface area contributed by atoms with Crippen LogP contribution in [0.5, 0.6) is 0 Å². The minimum absolute atomic E-state index is 0.124. The molecule has 1 aromatic heterocycles.